The summed E-state index contributed by atoms with van der Waals surface area (Å²) in [5, 5.41) is 1.29. The summed E-state index contributed by atoms with van der Waals surface area (Å²) >= 11 is 0. The second-order valence-electron chi connectivity index (χ2n) is 4.59. The summed E-state index contributed by atoms with van der Waals surface area (Å²) in [5.41, 5.74) is 5.09. The molecule has 0 spiro atoms. The number of benzene rings is 2. The zero-order chi connectivity index (χ0) is 11.8. The van der Waals surface area contributed by atoms with Gasteiger partial charge in [0.05, 0.1) is 5.52 Å². The van der Waals surface area contributed by atoms with Crippen molar-refractivity contribution in [3.8, 4) is 5.69 Å². The third-order valence-corrected chi connectivity index (χ3v) is 3.13. The lowest BCUT2D eigenvalue weighted by Gasteiger charge is -2.06. The topological polar surface area (TPSA) is 4.93 Å². The highest BCUT2D eigenvalue weighted by Crippen LogP contribution is 2.22. The minimum Gasteiger partial charge on any atom is -0.317 e. The molecule has 0 aliphatic rings. The molecular formula is C16H15N. The Kier molecular flexibility index (Phi) is 2.25. The fraction of sp³-hybridized carbons (Fsp3) is 0.125. The first-order valence-electron chi connectivity index (χ1n) is 5.89. The van der Waals surface area contributed by atoms with Gasteiger partial charge in [0.1, 0.15) is 0 Å². The Morgan fingerprint density at radius 3 is 2.47 bits per heavy atom. The van der Waals surface area contributed by atoms with Crippen molar-refractivity contribution in [3.63, 3.8) is 0 Å². The van der Waals surface area contributed by atoms with Crippen LogP contribution in [0.3, 0.4) is 0 Å². The van der Waals surface area contributed by atoms with Gasteiger partial charge in [0.25, 0.3) is 0 Å². The molecular weight excluding hydrogens is 206 g/mol. The van der Waals surface area contributed by atoms with E-state index < -0.39 is 0 Å². The molecule has 0 N–H and O–H groups in total. The largest absolute Gasteiger partial charge is 0.317 e. The van der Waals surface area contributed by atoms with E-state index in [4.69, 9.17) is 0 Å². The number of aromatic nitrogens is 1. The fourth-order valence-corrected chi connectivity index (χ4v) is 2.24. The zero-order valence-corrected chi connectivity index (χ0v) is 10.1. The first-order valence-corrected chi connectivity index (χ1v) is 5.89. The molecule has 0 aliphatic carbocycles. The maximum absolute atomic E-state index is 2.25. The van der Waals surface area contributed by atoms with Gasteiger partial charge in [-0.15, -0.1) is 0 Å². The third kappa shape index (κ3) is 1.74. The molecule has 2 aromatic carbocycles. The minimum absolute atomic E-state index is 1.23. The lowest BCUT2D eigenvalue weighted by molar-refractivity contribution is 1.12. The molecule has 0 atom stereocenters. The van der Waals surface area contributed by atoms with Gasteiger partial charge in [0.15, 0.2) is 0 Å². The molecule has 1 heterocycles. The number of hydrogen-bond donors (Lipinski definition) is 0. The van der Waals surface area contributed by atoms with E-state index >= 15 is 0 Å². The Hall–Kier alpha value is -2.02. The molecule has 0 bridgehead atoms. The van der Waals surface area contributed by atoms with E-state index in [9.17, 15) is 0 Å². The Morgan fingerprint density at radius 2 is 1.65 bits per heavy atom. The van der Waals surface area contributed by atoms with E-state index in [-0.39, 0.29) is 0 Å². The van der Waals surface area contributed by atoms with Crippen LogP contribution >= 0.6 is 0 Å². The second kappa shape index (κ2) is 3.77. The van der Waals surface area contributed by atoms with Gasteiger partial charge in [-0.3, -0.25) is 0 Å². The summed E-state index contributed by atoms with van der Waals surface area (Å²) in [7, 11) is 0. The number of aryl methyl sites for hydroxylation is 2. The quantitative estimate of drug-likeness (QED) is 0.579. The first kappa shape index (κ1) is 10.2. The molecule has 0 radical (unpaired) electrons. The lowest BCUT2D eigenvalue weighted by Crippen LogP contribution is -1.92. The van der Waals surface area contributed by atoms with Gasteiger partial charge < -0.3 is 4.57 Å². The van der Waals surface area contributed by atoms with E-state index in [0.29, 0.717) is 0 Å². The van der Waals surface area contributed by atoms with Crippen molar-refractivity contribution >= 4 is 10.9 Å². The first-order chi connectivity index (χ1) is 8.24. The van der Waals surface area contributed by atoms with Crippen LogP contribution in [0.1, 0.15) is 11.1 Å². The monoisotopic (exact) mass is 221 g/mol. The lowest BCUT2D eigenvalue weighted by atomic mass is 10.2. The van der Waals surface area contributed by atoms with Crippen molar-refractivity contribution in [3.05, 3.63) is 65.9 Å². The van der Waals surface area contributed by atoms with Crippen LogP contribution in [-0.2, 0) is 0 Å². The predicted octanol–water partition coefficient (Wildman–Crippen LogP) is 4.25. The smallest absolute Gasteiger partial charge is 0.0531 e. The maximum Gasteiger partial charge on any atom is 0.0531 e. The van der Waals surface area contributed by atoms with Gasteiger partial charge in [-0.1, -0.05) is 24.3 Å². The van der Waals surface area contributed by atoms with E-state index in [0.717, 1.165) is 0 Å². The molecule has 3 rings (SSSR count). The fourth-order valence-electron chi connectivity index (χ4n) is 2.24. The number of hydrogen-bond acceptors (Lipinski definition) is 0. The van der Waals surface area contributed by atoms with Gasteiger partial charge in [0, 0.05) is 11.9 Å². The van der Waals surface area contributed by atoms with Gasteiger partial charge in [0.2, 0.25) is 0 Å². The summed E-state index contributed by atoms with van der Waals surface area (Å²) in [6.07, 6.45) is 2.14. The van der Waals surface area contributed by atoms with Crippen LogP contribution in [0.25, 0.3) is 16.6 Å². The van der Waals surface area contributed by atoms with E-state index in [1.807, 2.05) is 0 Å². The highest BCUT2D eigenvalue weighted by atomic mass is 15.0. The Morgan fingerprint density at radius 1 is 0.824 bits per heavy atom. The molecule has 0 saturated carbocycles. The number of nitrogens with zero attached hydrogens (tertiary/aromatic N) is 1. The highest BCUT2D eigenvalue weighted by molar-refractivity contribution is 5.82. The summed E-state index contributed by atoms with van der Waals surface area (Å²) in [6, 6.07) is 17.3. The van der Waals surface area contributed by atoms with Crippen molar-refractivity contribution in [1.82, 2.24) is 4.57 Å². The van der Waals surface area contributed by atoms with E-state index in [1.54, 1.807) is 0 Å². The summed E-state index contributed by atoms with van der Waals surface area (Å²) in [5.74, 6) is 0. The maximum atomic E-state index is 2.25. The van der Waals surface area contributed by atoms with Gasteiger partial charge in [-0.05, 0) is 54.6 Å². The summed E-state index contributed by atoms with van der Waals surface area (Å²) < 4.78 is 2.25. The minimum atomic E-state index is 1.23. The molecule has 1 heteroatoms. The summed E-state index contributed by atoms with van der Waals surface area (Å²) in [6.45, 7) is 4.26. The van der Waals surface area contributed by atoms with Crippen LogP contribution in [0, 0.1) is 13.8 Å². The highest BCUT2D eigenvalue weighted by Gasteiger charge is 2.03. The Balaban J connectivity index is 2.27. The van der Waals surface area contributed by atoms with Crippen LogP contribution < -0.4 is 0 Å². The molecule has 84 valence electrons. The average Bonchev–Trinajstić information content (AvgIpc) is 2.71. The molecule has 0 saturated heterocycles. The molecule has 0 unspecified atom stereocenters. The van der Waals surface area contributed by atoms with Crippen LogP contribution in [-0.4, -0.2) is 4.57 Å². The van der Waals surface area contributed by atoms with Crippen molar-refractivity contribution in [2.24, 2.45) is 0 Å². The zero-order valence-electron chi connectivity index (χ0n) is 10.1. The van der Waals surface area contributed by atoms with Crippen LogP contribution in [0.15, 0.2) is 54.7 Å². The second-order valence-corrected chi connectivity index (χ2v) is 4.59. The molecule has 1 aromatic heterocycles. The SMILES string of the molecule is Cc1cccc(-n2ccc3ccc(C)cc32)c1. The molecule has 1 nitrogen and oxygen atoms in total. The van der Waals surface area contributed by atoms with Gasteiger partial charge in [-0.25, -0.2) is 0 Å². The van der Waals surface area contributed by atoms with E-state index in [1.165, 1.54) is 27.7 Å². The van der Waals surface area contributed by atoms with E-state index in [2.05, 4.69) is 73.1 Å². The van der Waals surface area contributed by atoms with Crippen LogP contribution in [0.5, 0.6) is 0 Å². The Bertz CT molecular complexity index is 677. The average molecular weight is 221 g/mol. The molecule has 0 aliphatic heterocycles. The molecule has 0 amide bonds. The van der Waals surface area contributed by atoms with Gasteiger partial charge >= 0.3 is 0 Å². The summed E-state index contributed by atoms with van der Waals surface area (Å²) in [4.78, 5) is 0. The van der Waals surface area contributed by atoms with Crippen molar-refractivity contribution in [2.45, 2.75) is 13.8 Å². The third-order valence-electron chi connectivity index (χ3n) is 3.13. The standard InChI is InChI=1S/C16H15N/c1-12-4-3-5-15(10-12)17-9-8-14-7-6-13(2)11-16(14)17/h3-11H,1-2H3. The number of fused-ring (bicyclic) bond motifs is 1. The normalized spacial score (nSPS) is 10.9. The molecule has 3 aromatic rings. The van der Waals surface area contributed by atoms with Gasteiger partial charge in [-0.2, -0.15) is 0 Å². The van der Waals surface area contributed by atoms with Crippen LogP contribution in [0.4, 0.5) is 0 Å². The Labute approximate surface area is 101 Å². The van der Waals surface area contributed by atoms with Crippen LogP contribution in [0.2, 0.25) is 0 Å². The molecule has 0 fully saturated rings. The molecule has 17 heavy (non-hydrogen) atoms. The van der Waals surface area contributed by atoms with Crippen molar-refractivity contribution < 1.29 is 0 Å². The van der Waals surface area contributed by atoms with Crippen molar-refractivity contribution in [1.29, 1.82) is 0 Å². The van der Waals surface area contributed by atoms with Crippen molar-refractivity contribution in [2.75, 3.05) is 0 Å². The predicted molar refractivity (Wildman–Crippen MR) is 72.7 cm³/mol. The number of rotatable bonds is 1.